The van der Waals surface area contributed by atoms with Crippen LogP contribution in [0.15, 0.2) is 33.0 Å². The summed E-state index contributed by atoms with van der Waals surface area (Å²) in [5, 5.41) is 8.59. The van der Waals surface area contributed by atoms with E-state index in [1.54, 1.807) is 18.3 Å². The average Bonchev–Trinajstić information content (AvgIpc) is 2.58. The molecule has 0 unspecified atom stereocenters. The van der Waals surface area contributed by atoms with Crippen LogP contribution >= 0.6 is 11.8 Å². The molecule has 0 amide bonds. The minimum Gasteiger partial charge on any atom is -0.436 e. The Morgan fingerprint density at radius 2 is 2.18 bits per heavy atom. The molecule has 0 aromatic carbocycles. The maximum atomic E-state index is 7.26. The first kappa shape index (κ1) is 11.7. The Hall–Kier alpha value is -1.82. The van der Waals surface area contributed by atoms with Gasteiger partial charge in [0.05, 0.1) is 5.69 Å². The fraction of sp³-hybridized carbons (Fsp3) is 0.182. The van der Waals surface area contributed by atoms with Gasteiger partial charge in [-0.25, -0.2) is 9.97 Å². The summed E-state index contributed by atoms with van der Waals surface area (Å²) in [5.41, 5.74) is 6.83. The third-order valence-corrected chi connectivity index (χ3v) is 3.05. The summed E-state index contributed by atoms with van der Waals surface area (Å²) in [6.07, 6.45) is 1.56. The van der Waals surface area contributed by atoms with E-state index < -0.39 is 0 Å². The molecule has 17 heavy (non-hydrogen) atoms. The smallest absolute Gasteiger partial charge is 0.262 e. The minimum absolute atomic E-state index is 0.0110. The van der Waals surface area contributed by atoms with Crippen LogP contribution in [-0.4, -0.2) is 15.8 Å². The second-order valence-corrected chi connectivity index (χ2v) is 4.49. The van der Waals surface area contributed by atoms with Crippen molar-refractivity contribution >= 4 is 17.6 Å². The lowest BCUT2D eigenvalue weighted by Gasteiger charge is -1.99. The SMILES string of the molecule is Cc1nc(Sc2ccc(C(=N)N)cn2)oc1C. The monoisotopic (exact) mass is 248 g/mol. The van der Waals surface area contributed by atoms with Gasteiger partial charge in [-0.3, -0.25) is 5.41 Å². The van der Waals surface area contributed by atoms with Crippen molar-refractivity contribution in [3.63, 3.8) is 0 Å². The van der Waals surface area contributed by atoms with Crippen molar-refractivity contribution in [3.8, 4) is 0 Å². The molecule has 6 heteroatoms. The third kappa shape index (κ3) is 2.65. The van der Waals surface area contributed by atoms with Gasteiger partial charge < -0.3 is 10.2 Å². The summed E-state index contributed by atoms with van der Waals surface area (Å²) < 4.78 is 5.44. The van der Waals surface area contributed by atoms with E-state index >= 15 is 0 Å². The van der Waals surface area contributed by atoms with E-state index in [-0.39, 0.29) is 5.84 Å². The molecule has 0 atom stereocenters. The Balaban J connectivity index is 2.16. The van der Waals surface area contributed by atoms with Gasteiger partial charge >= 0.3 is 0 Å². The second kappa shape index (κ2) is 4.58. The maximum Gasteiger partial charge on any atom is 0.262 e. The number of oxazole rings is 1. The predicted octanol–water partition coefficient (Wildman–Crippen LogP) is 2.12. The topological polar surface area (TPSA) is 88.8 Å². The summed E-state index contributed by atoms with van der Waals surface area (Å²) in [7, 11) is 0. The lowest BCUT2D eigenvalue weighted by molar-refractivity contribution is 0.431. The number of nitrogens with two attached hydrogens (primary N) is 1. The average molecular weight is 248 g/mol. The van der Waals surface area contributed by atoms with Crippen LogP contribution in [0, 0.1) is 19.3 Å². The Bertz CT molecular complexity index is 528. The molecule has 0 saturated carbocycles. The molecule has 2 rings (SSSR count). The molecular weight excluding hydrogens is 236 g/mol. The molecular formula is C11H12N4OS. The van der Waals surface area contributed by atoms with Crippen LogP contribution in [0.4, 0.5) is 0 Å². The van der Waals surface area contributed by atoms with Gasteiger partial charge in [0.1, 0.15) is 16.6 Å². The Morgan fingerprint density at radius 1 is 1.41 bits per heavy atom. The van der Waals surface area contributed by atoms with E-state index in [1.807, 2.05) is 13.8 Å². The van der Waals surface area contributed by atoms with Crippen LogP contribution in [0.3, 0.4) is 0 Å². The van der Waals surface area contributed by atoms with Crippen LogP contribution in [0.25, 0.3) is 0 Å². The highest BCUT2D eigenvalue weighted by Gasteiger charge is 2.08. The molecule has 0 aliphatic carbocycles. The lowest BCUT2D eigenvalue weighted by atomic mass is 10.3. The van der Waals surface area contributed by atoms with E-state index in [2.05, 4.69) is 9.97 Å². The fourth-order valence-electron chi connectivity index (χ4n) is 1.18. The molecule has 0 aliphatic rings. The molecule has 3 N–H and O–H groups in total. The maximum absolute atomic E-state index is 7.26. The van der Waals surface area contributed by atoms with Crippen molar-refractivity contribution in [3.05, 3.63) is 35.3 Å². The quantitative estimate of drug-likeness (QED) is 0.641. The number of aryl methyl sites for hydroxylation is 2. The van der Waals surface area contributed by atoms with E-state index in [4.69, 9.17) is 15.6 Å². The molecule has 0 saturated heterocycles. The van der Waals surface area contributed by atoms with Crippen molar-refractivity contribution in [2.24, 2.45) is 5.73 Å². The van der Waals surface area contributed by atoms with Gasteiger partial charge in [0.2, 0.25) is 0 Å². The van der Waals surface area contributed by atoms with Crippen molar-refractivity contribution in [1.82, 2.24) is 9.97 Å². The summed E-state index contributed by atoms with van der Waals surface area (Å²) in [5.74, 6) is 0.824. The number of rotatable bonds is 3. The highest BCUT2D eigenvalue weighted by molar-refractivity contribution is 7.99. The van der Waals surface area contributed by atoms with Gasteiger partial charge in [-0.1, -0.05) is 0 Å². The number of aromatic nitrogens is 2. The summed E-state index contributed by atoms with van der Waals surface area (Å²) >= 11 is 1.34. The van der Waals surface area contributed by atoms with Crippen LogP contribution in [-0.2, 0) is 0 Å². The molecule has 0 bridgehead atoms. The summed E-state index contributed by atoms with van der Waals surface area (Å²) in [6.45, 7) is 3.77. The zero-order valence-electron chi connectivity index (χ0n) is 9.52. The third-order valence-electron chi connectivity index (χ3n) is 2.25. The first-order valence-corrected chi connectivity index (χ1v) is 5.80. The van der Waals surface area contributed by atoms with E-state index in [0.717, 1.165) is 16.5 Å². The number of nitrogens with zero attached hydrogens (tertiary/aromatic N) is 2. The van der Waals surface area contributed by atoms with Gasteiger partial charge in [0.15, 0.2) is 0 Å². The molecule has 0 spiro atoms. The van der Waals surface area contributed by atoms with Gasteiger partial charge in [-0.15, -0.1) is 0 Å². The number of amidine groups is 1. The van der Waals surface area contributed by atoms with Crippen molar-refractivity contribution in [2.45, 2.75) is 24.1 Å². The van der Waals surface area contributed by atoms with Crippen LogP contribution in [0.1, 0.15) is 17.0 Å². The van der Waals surface area contributed by atoms with E-state index in [9.17, 15) is 0 Å². The largest absolute Gasteiger partial charge is 0.436 e. The normalized spacial score (nSPS) is 10.5. The first-order chi connectivity index (χ1) is 8.06. The summed E-state index contributed by atoms with van der Waals surface area (Å²) in [6, 6.07) is 3.54. The number of nitrogen functional groups attached to an aromatic ring is 1. The Morgan fingerprint density at radius 3 is 2.65 bits per heavy atom. The number of pyridine rings is 1. The number of nitrogens with one attached hydrogen (secondary N) is 1. The zero-order chi connectivity index (χ0) is 12.4. The molecule has 0 fully saturated rings. The van der Waals surface area contributed by atoms with Gasteiger partial charge in [-0.2, -0.15) is 0 Å². The Labute approximate surface area is 103 Å². The highest BCUT2D eigenvalue weighted by Crippen LogP contribution is 2.26. The molecule has 2 aromatic heterocycles. The standard InChI is InChI=1S/C11H12N4OS/c1-6-7(2)16-11(15-6)17-9-4-3-8(5-14-9)10(12)13/h3-5H,1-2H3,(H3,12,13). The predicted molar refractivity (Wildman–Crippen MR) is 65.4 cm³/mol. The molecule has 2 heterocycles. The molecule has 0 radical (unpaired) electrons. The lowest BCUT2D eigenvalue weighted by Crippen LogP contribution is -2.10. The molecule has 2 aromatic rings. The summed E-state index contributed by atoms with van der Waals surface area (Å²) in [4.78, 5) is 8.43. The number of hydrogen-bond donors (Lipinski definition) is 2. The van der Waals surface area contributed by atoms with Gasteiger partial charge in [0.25, 0.3) is 5.22 Å². The number of hydrogen-bond acceptors (Lipinski definition) is 5. The zero-order valence-corrected chi connectivity index (χ0v) is 10.3. The van der Waals surface area contributed by atoms with Crippen LogP contribution < -0.4 is 5.73 Å². The van der Waals surface area contributed by atoms with Crippen LogP contribution in [0.5, 0.6) is 0 Å². The Kier molecular flexibility index (Phi) is 3.14. The minimum atomic E-state index is 0.0110. The molecule has 0 aliphatic heterocycles. The van der Waals surface area contributed by atoms with Crippen LogP contribution in [0.2, 0.25) is 0 Å². The van der Waals surface area contributed by atoms with E-state index in [0.29, 0.717) is 10.8 Å². The van der Waals surface area contributed by atoms with Crippen molar-refractivity contribution < 1.29 is 4.42 Å². The second-order valence-electron chi connectivity index (χ2n) is 3.52. The van der Waals surface area contributed by atoms with Gasteiger partial charge in [0, 0.05) is 11.8 Å². The molecule has 5 nitrogen and oxygen atoms in total. The van der Waals surface area contributed by atoms with E-state index in [1.165, 1.54) is 11.8 Å². The van der Waals surface area contributed by atoms with Crippen molar-refractivity contribution in [2.75, 3.05) is 0 Å². The van der Waals surface area contributed by atoms with Crippen molar-refractivity contribution in [1.29, 1.82) is 5.41 Å². The first-order valence-electron chi connectivity index (χ1n) is 4.98. The highest BCUT2D eigenvalue weighted by atomic mass is 32.2. The fourth-order valence-corrected chi connectivity index (χ4v) is 1.95. The molecule has 88 valence electrons. The van der Waals surface area contributed by atoms with Gasteiger partial charge in [-0.05, 0) is 37.7 Å².